The lowest BCUT2D eigenvalue weighted by atomic mass is 10.2. The van der Waals surface area contributed by atoms with Gasteiger partial charge in [-0.1, -0.05) is 36.0 Å². The van der Waals surface area contributed by atoms with Crippen molar-refractivity contribution in [3.05, 3.63) is 54.4 Å². The molecule has 2 heterocycles. The van der Waals surface area contributed by atoms with E-state index in [2.05, 4.69) is 15.5 Å². The highest BCUT2D eigenvalue weighted by atomic mass is 32.2. The number of benzene rings is 2. The number of thioether (sulfide) groups is 1. The van der Waals surface area contributed by atoms with Gasteiger partial charge in [0.25, 0.3) is 11.1 Å². The van der Waals surface area contributed by atoms with Crippen LogP contribution in [0.1, 0.15) is 18.9 Å². The van der Waals surface area contributed by atoms with Crippen molar-refractivity contribution < 1.29 is 23.4 Å². The molecule has 8 nitrogen and oxygen atoms in total. The number of para-hydroxylation sites is 4. The van der Waals surface area contributed by atoms with E-state index in [1.807, 2.05) is 43.3 Å². The molecule has 29 heavy (non-hydrogen) atoms. The zero-order chi connectivity index (χ0) is 20.1. The monoisotopic (exact) mass is 413 g/mol. The van der Waals surface area contributed by atoms with E-state index in [-0.39, 0.29) is 23.5 Å². The molecule has 1 N–H and O–H groups in total. The number of ether oxygens (including phenoxy) is 3. The number of amides is 1. The first-order chi connectivity index (χ1) is 14.2. The smallest absolute Gasteiger partial charge is 0.277 e. The van der Waals surface area contributed by atoms with Crippen LogP contribution in [0.3, 0.4) is 0 Å². The first-order valence-electron chi connectivity index (χ1n) is 9.09. The Labute approximate surface area is 171 Å². The number of nitrogens with zero attached hydrogens (tertiary/aromatic N) is 2. The first kappa shape index (κ1) is 19.1. The third-order valence-corrected chi connectivity index (χ3v) is 4.81. The van der Waals surface area contributed by atoms with E-state index in [4.69, 9.17) is 18.6 Å². The van der Waals surface area contributed by atoms with Crippen molar-refractivity contribution in [2.45, 2.75) is 18.3 Å². The van der Waals surface area contributed by atoms with Gasteiger partial charge in [0.05, 0.1) is 18.0 Å². The Bertz CT molecular complexity index is 994. The van der Waals surface area contributed by atoms with Crippen LogP contribution in [-0.4, -0.2) is 35.1 Å². The molecule has 0 unspecified atom stereocenters. The number of aromatic nitrogens is 2. The SMILES string of the molecule is CCOc1ccccc1NC(=O)CSc1nnc([C@@H]2COc3ccccc3O2)o1. The molecule has 0 aliphatic carbocycles. The van der Waals surface area contributed by atoms with Crippen LogP contribution in [0.5, 0.6) is 17.2 Å². The van der Waals surface area contributed by atoms with Gasteiger partial charge in [0, 0.05) is 0 Å². The summed E-state index contributed by atoms with van der Waals surface area (Å²) in [5.41, 5.74) is 0.623. The minimum absolute atomic E-state index is 0.118. The molecule has 4 rings (SSSR count). The van der Waals surface area contributed by atoms with Crippen LogP contribution in [0.2, 0.25) is 0 Å². The summed E-state index contributed by atoms with van der Waals surface area (Å²) in [4.78, 5) is 12.3. The fourth-order valence-corrected chi connectivity index (χ4v) is 3.28. The molecule has 0 saturated heterocycles. The van der Waals surface area contributed by atoms with E-state index < -0.39 is 6.10 Å². The molecular weight excluding hydrogens is 394 g/mol. The van der Waals surface area contributed by atoms with Gasteiger partial charge in [-0.25, -0.2) is 0 Å². The van der Waals surface area contributed by atoms with Gasteiger partial charge in [-0.15, -0.1) is 10.2 Å². The van der Waals surface area contributed by atoms with Gasteiger partial charge in [-0.05, 0) is 31.2 Å². The van der Waals surface area contributed by atoms with Gasteiger partial charge >= 0.3 is 0 Å². The predicted octanol–water partition coefficient (Wildman–Crippen LogP) is 3.71. The quantitative estimate of drug-likeness (QED) is 0.586. The molecule has 1 aliphatic rings. The number of nitrogens with one attached hydrogen (secondary N) is 1. The Balaban J connectivity index is 1.33. The first-order valence-corrected chi connectivity index (χ1v) is 10.1. The molecule has 9 heteroatoms. The molecule has 0 spiro atoms. The lowest BCUT2D eigenvalue weighted by Crippen LogP contribution is -2.21. The van der Waals surface area contributed by atoms with Crippen LogP contribution in [0.4, 0.5) is 5.69 Å². The molecule has 1 aromatic heterocycles. The molecule has 1 atom stereocenters. The number of hydrogen-bond acceptors (Lipinski definition) is 8. The predicted molar refractivity (Wildman–Crippen MR) is 107 cm³/mol. The van der Waals surface area contributed by atoms with E-state index >= 15 is 0 Å². The second-order valence-electron chi connectivity index (χ2n) is 6.04. The van der Waals surface area contributed by atoms with E-state index in [0.29, 0.717) is 35.4 Å². The van der Waals surface area contributed by atoms with Gasteiger partial charge in [-0.2, -0.15) is 0 Å². The van der Waals surface area contributed by atoms with Gasteiger partial charge < -0.3 is 23.9 Å². The Morgan fingerprint density at radius 3 is 2.83 bits per heavy atom. The van der Waals surface area contributed by atoms with Gasteiger partial charge in [0.1, 0.15) is 12.4 Å². The van der Waals surface area contributed by atoms with Crippen molar-refractivity contribution >= 4 is 23.4 Å². The Morgan fingerprint density at radius 2 is 1.97 bits per heavy atom. The zero-order valence-corrected chi connectivity index (χ0v) is 16.5. The number of fused-ring (bicyclic) bond motifs is 1. The van der Waals surface area contributed by atoms with Gasteiger partial charge in [0.15, 0.2) is 11.5 Å². The zero-order valence-electron chi connectivity index (χ0n) is 15.7. The third kappa shape index (κ3) is 4.62. The summed E-state index contributed by atoms with van der Waals surface area (Å²) < 4.78 is 22.6. The number of anilines is 1. The Morgan fingerprint density at radius 1 is 1.17 bits per heavy atom. The standard InChI is InChI=1S/C20H19N3O5S/c1-2-25-14-8-4-3-7-13(14)21-18(24)12-29-20-23-22-19(28-20)17-11-26-15-9-5-6-10-16(15)27-17/h3-10,17H,2,11-12H2,1H3,(H,21,24)/t17-/m0/s1. The van der Waals surface area contributed by atoms with Gasteiger partial charge in [0.2, 0.25) is 12.0 Å². The Hall–Kier alpha value is -3.20. The molecule has 3 aromatic rings. The number of hydrogen-bond donors (Lipinski definition) is 1. The molecule has 0 saturated carbocycles. The summed E-state index contributed by atoms with van der Waals surface area (Å²) >= 11 is 1.15. The minimum Gasteiger partial charge on any atom is -0.492 e. The Kier molecular flexibility index (Phi) is 5.85. The number of carbonyl (C=O) groups excluding carboxylic acids is 1. The lowest BCUT2D eigenvalue weighted by molar-refractivity contribution is -0.113. The molecule has 0 bridgehead atoms. The van der Waals surface area contributed by atoms with E-state index in [1.165, 1.54) is 0 Å². The summed E-state index contributed by atoms with van der Waals surface area (Å²) in [6.07, 6.45) is -0.487. The van der Waals surface area contributed by atoms with Crippen molar-refractivity contribution in [2.75, 3.05) is 24.3 Å². The average molecular weight is 413 g/mol. The van der Waals surface area contributed by atoms with Crippen LogP contribution in [-0.2, 0) is 4.79 Å². The highest BCUT2D eigenvalue weighted by Crippen LogP contribution is 2.36. The van der Waals surface area contributed by atoms with Crippen molar-refractivity contribution in [1.82, 2.24) is 10.2 Å². The van der Waals surface area contributed by atoms with Crippen molar-refractivity contribution in [3.63, 3.8) is 0 Å². The summed E-state index contributed by atoms with van der Waals surface area (Å²) in [6.45, 7) is 2.68. The van der Waals surface area contributed by atoms with Crippen LogP contribution in [0.15, 0.2) is 58.2 Å². The fourth-order valence-electron chi connectivity index (χ4n) is 2.71. The molecular formula is C20H19N3O5S. The van der Waals surface area contributed by atoms with E-state index in [1.54, 1.807) is 12.1 Å². The normalized spacial score (nSPS) is 15.0. The maximum atomic E-state index is 12.3. The van der Waals surface area contributed by atoms with Crippen LogP contribution in [0.25, 0.3) is 0 Å². The number of carbonyl (C=O) groups is 1. The molecule has 1 amide bonds. The van der Waals surface area contributed by atoms with Crippen LogP contribution >= 0.6 is 11.8 Å². The second-order valence-corrected chi connectivity index (χ2v) is 6.96. The van der Waals surface area contributed by atoms with Crippen molar-refractivity contribution in [1.29, 1.82) is 0 Å². The van der Waals surface area contributed by atoms with Gasteiger partial charge in [-0.3, -0.25) is 4.79 Å². The minimum atomic E-state index is -0.487. The molecule has 0 radical (unpaired) electrons. The summed E-state index contributed by atoms with van der Waals surface area (Å²) in [5.74, 6) is 2.16. The third-order valence-electron chi connectivity index (χ3n) is 3.99. The molecule has 150 valence electrons. The summed E-state index contributed by atoms with van der Waals surface area (Å²) in [6, 6.07) is 14.7. The maximum absolute atomic E-state index is 12.3. The summed E-state index contributed by atoms with van der Waals surface area (Å²) in [5, 5.41) is 11.1. The maximum Gasteiger partial charge on any atom is 0.277 e. The lowest BCUT2D eigenvalue weighted by Gasteiger charge is -2.23. The average Bonchev–Trinajstić information content (AvgIpc) is 3.23. The van der Waals surface area contributed by atoms with E-state index in [9.17, 15) is 4.79 Å². The highest BCUT2D eigenvalue weighted by Gasteiger charge is 2.27. The van der Waals surface area contributed by atoms with Crippen molar-refractivity contribution in [3.8, 4) is 17.2 Å². The van der Waals surface area contributed by atoms with Crippen LogP contribution < -0.4 is 19.5 Å². The largest absolute Gasteiger partial charge is 0.492 e. The molecule has 0 fully saturated rings. The molecule has 2 aromatic carbocycles. The van der Waals surface area contributed by atoms with Crippen molar-refractivity contribution in [2.24, 2.45) is 0 Å². The fraction of sp³-hybridized carbons (Fsp3) is 0.250. The molecule has 1 aliphatic heterocycles. The topological polar surface area (TPSA) is 95.7 Å². The highest BCUT2D eigenvalue weighted by molar-refractivity contribution is 7.99. The van der Waals surface area contributed by atoms with E-state index in [0.717, 1.165) is 11.8 Å². The van der Waals surface area contributed by atoms with Crippen LogP contribution in [0, 0.1) is 0 Å². The summed E-state index contributed by atoms with van der Waals surface area (Å²) in [7, 11) is 0. The number of rotatable bonds is 7. The second kappa shape index (κ2) is 8.87.